The van der Waals surface area contributed by atoms with Gasteiger partial charge in [-0.25, -0.2) is 4.79 Å². The summed E-state index contributed by atoms with van der Waals surface area (Å²) in [5, 5.41) is 8.90. The Labute approximate surface area is 251 Å². The lowest BCUT2D eigenvalue weighted by Crippen LogP contribution is -2.39. The van der Waals surface area contributed by atoms with Gasteiger partial charge in [-0.1, -0.05) is 35.5 Å². The van der Waals surface area contributed by atoms with Crippen LogP contribution >= 0.6 is 11.3 Å². The van der Waals surface area contributed by atoms with Gasteiger partial charge in [0.1, 0.15) is 0 Å². The van der Waals surface area contributed by atoms with Crippen LogP contribution in [0.15, 0.2) is 89.4 Å². The van der Waals surface area contributed by atoms with Crippen LogP contribution in [0.3, 0.4) is 0 Å². The van der Waals surface area contributed by atoms with Crippen molar-refractivity contribution in [1.82, 2.24) is 9.63 Å². The molecule has 0 aliphatic carbocycles. The van der Waals surface area contributed by atoms with E-state index < -0.39 is 23.9 Å². The molecule has 0 saturated carbocycles. The Morgan fingerprint density at radius 2 is 1.53 bits per heavy atom. The molecule has 1 unspecified atom stereocenters. The highest BCUT2D eigenvalue weighted by Gasteiger charge is 2.24. The number of ketones is 1. The van der Waals surface area contributed by atoms with E-state index in [1.165, 1.54) is 32.1 Å². The van der Waals surface area contributed by atoms with Gasteiger partial charge < -0.3 is 14.2 Å². The van der Waals surface area contributed by atoms with Gasteiger partial charge in [0.05, 0.1) is 27.7 Å². The van der Waals surface area contributed by atoms with E-state index in [0.29, 0.717) is 21.7 Å². The van der Waals surface area contributed by atoms with E-state index in [0.717, 1.165) is 32.6 Å². The molecule has 43 heavy (non-hydrogen) atoms. The van der Waals surface area contributed by atoms with Crippen molar-refractivity contribution in [2.24, 2.45) is 5.16 Å². The number of hydrogen-bond donors (Lipinski definition) is 0. The van der Waals surface area contributed by atoms with Crippen LogP contribution in [0, 0.1) is 0 Å². The van der Waals surface area contributed by atoms with Crippen molar-refractivity contribution >= 4 is 62.5 Å². The van der Waals surface area contributed by atoms with E-state index in [4.69, 9.17) is 9.68 Å². The summed E-state index contributed by atoms with van der Waals surface area (Å²) in [5.41, 5.74) is 4.47. The van der Waals surface area contributed by atoms with Crippen LogP contribution < -0.4 is 0 Å². The molecule has 0 spiro atoms. The molecule has 0 N–H and O–H groups in total. The first-order valence-corrected chi connectivity index (χ1v) is 14.5. The maximum atomic E-state index is 12.8. The Kier molecular flexibility index (Phi) is 8.49. The van der Waals surface area contributed by atoms with Crippen molar-refractivity contribution in [3.63, 3.8) is 0 Å². The zero-order chi connectivity index (χ0) is 30.7. The van der Waals surface area contributed by atoms with E-state index in [-0.39, 0.29) is 12.2 Å². The van der Waals surface area contributed by atoms with Crippen molar-refractivity contribution in [3.05, 3.63) is 100 Å². The van der Waals surface area contributed by atoms with Gasteiger partial charge in [0.2, 0.25) is 5.78 Å². The van der Waals surface area contributed by atoms with Crippen LogP contribution in [-0.4, -0.2) is 45.0 Å². The molecule has 0 saturated heterocycles. The maximum absolute atomic E-state index is 12.8. The Morgan fingerprint density at radius 1 is 0.837 bits per heavy atom. The van der Waals surface area contributed by atoms with E-state index in [1.807, 2.05) is 84.2 Å². The molecule has 1 atom stereocenters. The summed E-state index contributed by atoms with van der Waals surface area (Å²) in [4.78, 5) is 59.1. The van der Waals surface area contributed by atoms with E-state index in [9.17, 15) is 19.2 Å². The van der Waals surface area contributed by atoms with Crippen molar-refractivity contribution in [2.75, 3.05) is 0 Å². The average Bonchev–Trinajstić information content (AvgIpc) is 3.64. The molecule has 3 aromatic carbocycles. The summed E-state index contributed by atoms with van der Waals surface area (Å²) < 4.78 is 2.12. The molecule has 218 valence electrons. The van der Waals surface area contributed by atoms with Crippen molar-refractivity contribution in [1.29, 1.82) is 0 Å². The van der Waals surface area contributed by atoms with Crippen LogP contribution in [-0.2, 0) is 24.1 Å². The Balaban J connectivity index is 1.56. The predicted octanol–water partition coefficient (Wildman–Crippen LogP) is 6.45. The van der Waals surface area contributed by atoms with Gasteiger partial charge in [-0.05, 0) is 60.8 Å². The Hall–Kier alpha value is -5.09. The number of fused-ring (bicyclic) bond motifs is 3. The topological polar surface area (TPSA) is 107 Å². The number of oxime groups is 1. The lowest BCUT2D eigenvalue weighted by molar-refractivity contribution is -0.202. The zero-order valence-electron chi connectivity index (χ0n) is 24.1. The van der Waals surface area contributed by atoms with Crippen LogP contribution in [0.5, 0.6) is 0 Å². The first-order chi connectivity index (χ1) is 20.6. The number of para-hydroxylation sites is 1. The Bertz CT molecular complexity index is 1870. The van der Waals surface area contributed by atoms with E-state index in [1.54, 1.807) is 6.92 Å². The number of carbonyl (C=O) groups is 4. The number of carbonyl (C=O) groups excluding carboxylic acids is 4. The van der Waals surface area contributed by atoms with Crippen LogP contribution in [0.2, 0.25) is 0 Å². The normalized spacial score (nSPS) is 12.2. The molecule has 10 heteroatoms. The SMILES string of the molecule is CC(=O)O/N=C(\CC(C)N(OC(C)=O)C(C)=O)c1ccc2c(c1)c1ccccc1n2-c1ccc(C(=O)c2cccs2)cc1. The first-order valence-electron chi connectivity index (χ1n) is 13.6. The highest BCUT2D eigenvalue weighted by Crippen LogP contribution is 2.33. The van der Waals surface area contributed by atoms with E-state index >= 15 is 0 Å². The molecule has 5 rings (SSSR count). The lowest BCUT2D eigenvalue weighted by Gasteiger charge is -2.26. The molecule has 0 bridgehead atoms. The van der Waals surface area contributed by atoms with Crippen LogP contribution in [0.4, 0.5) is 0 Å². The fourth-order valence-corrected chi connectivity index (χ4v) is 5.72. The molecule has 5 aromatic rings. The van der Waals surface area contributed by atoms with Crippen molar-refractivity contribution < 1.29 is 28.9 Å². The number of hydrogen-bond acceptors (Lipinski definition) is 8. The third kappa shape index (κ3) is 6.24. The second kappa shape index (κ2) is 12.4. The van der Waals surface area contributed by atoms with Gasteiger partial charge in [-0.2, -0.15) is 5.06 Å². The van der Waals surface area contributed by atoms with Gasteiger partial charge in [0.25, 0.3) is 5.91 Å². The van der Waals surface area contributed by atoms with Gasteiger partial charge >= 0.3 is 11.9 Å². The van der Waals surface area contributed by atoms with Crippen molar-refractivity contribution in [3.8, 4) is 5.69 Å². The Morgan fingerprint density at radius 3 is 2.19 bits per heavy atom. The standard InChI is InChI=1S/C33H29N3O6S/c1-20(36(21(2)37)42-23(4)39)18-29(34-41-22(3)38)25-13-16-31-28(19-25)27-8-5-6-9-30(27)35(31)26-14-11-24(12-15-26)33(40)32-10-7-17-43-32/h5-17,19-20H,18H2,1-4H3/b34-29+. The van der Waals surface area contributed by atoms with Crippen LogP contribution in [0.1, 0.15) is 54.9 Å². The lowest BCUT2D eigenvalue weighted by atomic mass is 10.0. The van der Waals surface area contributed by atoms with E-state index in [2.05, 4.69) is 9.72 Å². The van der Waals surface area contributed by atoms with Gasteiger partial charge in [0, 0.05) is 54.8 Å². The van der Waals surface area contributed by atoms with Crippen LogP contribution in [0.25, 0.3) is 27.5 Å². The summed E-state index contributed by atoms with van der Waals surface area (Å²) in [6, 6.07) is 24.4. The fourth-order valence-electron chi connectivity index (χ4n) is 5.04. The number of aromatic nitrogens is 1. The first kappa shape index (κ1) is 29.4. The highest BCUT2D eigenvalue weighted by atomic mass is 32.1. The van der Waals surface area contributed by atoms with Gasteiger partial charge in [-0.3, -0.25) is 14.4 Å². The molecule has 1 amide bonds. The molecule has 0 radical (unpaired) electrons. The number of benzene rings is 3. The molecular weight excluding hydrogens is 566 g/mol. The quantitative estimate of drug-likeness (QED) is 0.0883. The molecule has 0 aliphatic rings. The summed E-state index contributed by atoms with van der Waals surface area (Å²) >= 11 is 1.42. The number of thiophene rings is 1. The van der Waals surface area contributed by atoms with Gasteiger partial charge in [0.15, 0.2) is 0 Å². The molecule has 0 aliphatic heterocycles. The molecule has 2 heterocycles. The predicted molar refractivity (Wildman–Crippen MR) is 165 cm³/mol. The number of amides is 1. The molecular formula is C33H29N3O6S. The summed E-state index contributed by atoms with van der Waals surface area (Å²) in [5.74, 6) is -1.68. The number of nitrogens with zero attached hydrogens (tertiary/aromatic N) is 3. The zero-order valence-corrected chi connectivity index (χ0v) is 24.9. The fraction of sp³-hybridized carbons (Fsp3) is 0.182. The monoisotopic (exact) mass is 595 g/mol. The third-order valence-corrected chi connectivity index (χ3v) is 7.72. The number of hydroxylamine groups is 2. The highest BCUT2D eigenvalue weighted by molar-refractivity contribution is 7.12. The minimum atomic E-state index is -0.626. The minimum Gasteiger partial charge on any atom is -0.338 e. The summed E-state index contributed by atoms with van der Waals surface area (Å²) in [7, 11) is 0. The van der Waals surface area contributed by atoms with Crippen molar-refractivity contribution in [2.45, 2.75) is 40.2 Å². The van der Waals surface area contributed by atoms with Gasteiger partial charge in [-0.15, -0.1) is 11.3 Å². The summed E-state index contributed by atoms with van der Waals surface area (Å²) in [6.07, 6.45) is 0.143. The second-order valence-corrected chi connectivity index (χ2v) is 11.0. The summed E-state index contributed by atoms with van der Waals surface area (Å²) in [6.45, 7) is 5.48. The maximum Gasteiger partial charge on any atom is 0.331 e. The molecule has 0 fully saturated rings. The molecule has 2 aromatic heterocycles. The third-order valence-electron chi connectivity index (χ3n) is 6.85. The largest absolute Gasteiger partial charge is 0.338 e. The average molecular weight is 596 g/mol. The minimum absolute atomic E-state index is 0.0146. The second-order valence-electron chi connectivity index (χ2n) is 10.0. The smallest absolute Gasteiger partial charge is 0.331 e. The number of rotatable bonds is 8. The molecule has 9 nitrogen and oxygen atoms in total.